The SMILES string of the molecule is CC1(Nc2cc(C(=O)O)c([N+](=O)[O-])cn2)CCC1. The Morgan fingerprint density at radius 3 is 2.72 bits per heavy atom. The minimum atomic E-state index is -1.33. The Morgan fingerprint density at radius 1 is 1.61 bits per heavy atom. The van der Waals surface area contributed by atoms with E-state index in [1.165, 1.54) is 6.07 Å². The van der Waals surface area contributed by atoms with Crippen molar-refractivity contribution in [3.63, 3.8) is 0 Å². The molecule has 1 heterocycles. The monoisotopic (exact) mass is 251 g/mol. The van der Waals surface area contributed by atoms with E-state index in [2.05, 4.69) is 10.3 Å². The van der Waals surface area contributed by atoms with Crippen molar-refractivity contribution in [1.29, 1.82) is 0 Å². The standard InChI is InChI=1S/C11H13N3O4/c1-11(3-2-4-11)13-9-5-7(10(15)16)8(6-12-9)14(17)18/h5-6H,2-4H2,1H3,(H,12,13)(H,15,16). The zero-order valence-corrected chi connectivity index (χ0v) is 9.84. The van der Waals surface area contributed by atoms with Gasteiger partial charge in [-0.2, -0.15) is 0 Å². The molecule has 0 bridgehead atoms. The van der Waals surface area contributed by atoms with E-state index < -0.39 is 16.6 Å². The van der Waals surface area contributed by atoms with Crippen LogP contribution >= 0.6 is 0 Å². The fourth-order valence-corrected chi connectivity index (χ4v) is 1.97. The normalized spacial score (nSPS) is 16.7. The van der Waals surface area contributed by atoms with Gasteiger partial charge in [-0.25, -0.2) is 9.78 Å². The van der Waals surface area contributed by atoms with E-state index in [1.807, 2.05) is 6.92 Å². The number of aromatic carboxylic acids is 1. The molecule has 7 heteroatoms. The molecule has 1 saturated carbocycles. The highest BCUT2D eigenvalue weighted by Crippen LogP contribution is 2.34. The quantitative estimate of drug-likeness (QED) is 0.626. The number of aromatic nitrogens is 1. The summed E-state index contributed by atoms with van der Waals surface area (Å²) in [5.74, 6) is -0.967. The Labute approximate surface area is 103 Å². The van der Waals surface area contributed by atoms with Gasteiger partial charge in [-0.05, 0) is 26.2 Å². The topological polar surface area (TPSA) is 105 Å². The lowest BCUT2D eigenvalue weighted by atomic mass is 9.78. The third kappa shape index (κ3) is 2.24. The number of hydrogen-bond donors (Lipinski definition) is 2. The maximum Gasteiger partial charge on any atom is 0.342 e. The Kier molecular flexibility index (Phi) is 2.90. The molecule has 96 valence electrons. The lowest BCUT2D eigenvalue weighted by Crippen LogP contribution is -2.41. The number of carboxylic acid groups (broad SMARTS) is 1. The summed E-state index contributed by atoms with van der Waals surface area (Å²) < 4.78 is 0. The van der Waals surface area contributed by atoms with Crippen molar-refractivity contribution in [2.24, 2.45) is 0 Å². The van der Waals surface area contributed by atoms with Gasteiger partial charge in [0.25, 0.3) is 0 Å². The minimum absolute atomic E-state index is 0.0844. The number of hydrogen-bond acceptors (Lipinski definition) is 5. The molecule has 1 fully saturated rings. The molecular weight excluding hydrogens is 238 g/mol. The summed E-state index contributed by atoms with van der Waals surface area (Å²) in [5, 5.41) is 22.7. The van der Waals surface area contributed by atoms with Crippen molar-refractivity contribution in [2.45, 2.75) is 31.7 Å². The van der Waals surface area contributed by atoms with Crippen LogP contribution in [0.4, 0.5) is 11.5 Å². The molecule has 2 N–H and O–H groups in total. The van der Waals surface area contributed by atoms with Gasteiger partial charge in [-0.15, -0.1) is 0 Å². The molecular formula is C11H13N3O4. The molecule has 0 amide bonds. The van der Waals surface area contributed by atoms with E-state index in [4.69, 9.17) is 5.11 Å². The second kappa shape index (κ2) is 4.25. The van der Waals surface area contributed by atoms with Crippen LogP contribution in [0.1, 0.15) is 36.5 Å². The van der Waals surface area contributed by atoms with E-state index >= 15 is 0 Å². The zero-order chi connectivity index (χ0) is 13.3. The number of anilines is 1. The maximum atomic E-state index is 11.0. The molecule has 0 aliphatic heterocycles. The van der Waals surface area contributed by atoms with Gasteiger partial charge < -0.3 is 10.4 Å². The largest absolute Gasteiger partial charge is 0.477 e. The van der Waals surface area contributed by atoms with Crippen LogP contribution in [-0.4, -0.2) is 26.5 Å². The molecule has 0 aromatic carbocycles. The summed E-state index contributed by atoms with van der Waals surface area (Å²) >= 11 is 0. The van der Waals surface area contributed by atoms with Crippen LogP contribution in [0.3, 0.4) is 0 Å². The van der Waals surface area contributed by atoms with Crippen LogP contribution in [0.2, 0.25) is 0 Å². The average Bonchev–Trinajstić information content (AvgIpc) is 2.26. The summed E-state index contributed by atoms with van der Waals surface area (Å²) in [5.41, 5.74) is -0.925. The Bertz CT molecular complexity index is 511. The van der Waals surface area contributed by atoms with Crippen LogP contribution in [0.5, 0.6) is 0 Å². The molecule has 1 aliphatic carbocycles. The van der Waals surface area contributed by atoms with E-state index in [9.17, 15) is 14.9 Å². The summed E-state index contributed by atoms with van der Waals surface area (Å²) in [6.07, 6.45) is 4.05. The zero-order valence-electron chi connectivity index (χ0n) is 9.84. The Hall–Kier alpha value is -2.18. The Balaban J connectivity index is 2.31. The van der Waals surface area contributed by atoms with Gasteiger partial charge in [0.2, 0.25) is 0 Å². The number of carboxylic acids is 1. The number of nitrogens with one attached hydrogen (secondary N) is 1. The highest BCUT2D eigenvalue weighted by atomic mass is 16.6. The van der Waals surface area contributed by atoms with Gasteiger partial charge in [0.15, 0.2) is 0 Å². The number of nitrogens with zero attached hydrogens (tertiary/aromatic N) is 2. The summed E-state index contributed by atoms with van der Waals surface area (Å²) in [7, 11) is 0. The number of carbonyl (C=O) groups is 1. The van der Waals surface area contributed by atoms with Gasteiger partial charge in [-0.3, -0.25) is 10.1 Å². The second-order valence-corrected chi connectivity index (χ2v) is 4.69. The van der Waals surface area contributed by atoms with Crippen LogP contribution in [0, 0.1) is 10.1 Å². The van der Waals surface area contributed by atoms with Gasteiger partial charge in [0.05, 0.1) is 4.92 Å². The van der Waals surface area contributed by atoms with Gasteiger partial charge >= 0.3 is 11.7 Å². The first-order valence-electron chi connectivity index (χ1n) is 5.57. The summed E-state index contributed by atoms with van der Waals surface area (Å²) in [6.45, 7) is 2.01. The van der Waals surface area contributed by atoms with E-state index in [0.29, 0.717) is 5.82 Å². The molecule has 7 nitrogen and oxygen atoms in total. The average molecular weight is 251 g/mol. The second-order valence-electron chi connectivity index (χ2n) is 4.69. The highest BCUT2D eigenvalue weighted by molar-refractivity contribution is 5.93. The minimum Gasteiger partial charge on any atom is -0.477 e. The summed E-state index contributed by atoms with van der Waals surface area (Å²) in [6, 6.07) is 1.21. The van der Waals surface area contributed by atoms with Crippen LogP contribution in [0.25, 0.3) is 0 Å². The van der Waals surface area contributed by atoms with Gasteiger partial charge in [-0.1, -0.05) is 0 Å². The highest BCUT2D eigenvalue weighted by Gasteiger charge is 2.32. The molecule has 1 aromatic rings. The maximum absolute atomic E-state index is 11.0. The molecule has 2 rings (SSSR count). The predicted molar refractivity (Wildman–Crippen MR) is 63.7 cm³/mol. The van der Waals surface area contributed by atoms with Crippen molar-refractivity contribution in [1.82, 2.24) is 4.98 Å². The number of pyridine rings is 1. The van der Waals surface area contributed by atoms with E-state index in [1.54, 1.807) is 0 Å². The first-order valence-corrected chi connectivity index (χ1v) is 5.57. The fourth-order valence-electron chi connectivity index (χ4n) is 1.97. The van der Waals surface area contributed by atoms with E-state index in [-0.39, 0.29) is 11.1 Å². The predicted octanol–water partition coefficient (Wildman–Crippen LogP) is 2.04. The molecule has 1 aliphatic rings. The van der Waals surface area contributed by atoms with Crippen molar-refractivity contribution >= 4 is 17.5 Å². The lowest BCUT2D eigenvalue weighted by Gasteiger charge is -2.39. The molecule has 0 spiro atoms. The van der Waals surface area contributed by atoms with Crippen molar-refractivity contribution < 1.29 is 14.8 Å². The van der Waals surface area contributed by atoms with Crippen LogP contribution in [0.15, 0.2) is 12.3 Å². The summed E-state index contributed by atoms with van der Waals surface area (Å²) in [4.78, 5) is 24.8. The van der Waals surface area contributed by atoms with Crippen molar-refractivity contribution in [2.75, 3.05) is 5.32 Å². The molecule has 0 saturated heterocycles. The van der Waals surface area contributed by atoms with Gasteiger partial charge in [0, 0.05) is 11.6 Å². The third-order valence-electron chi connectivity index (χ3n) is 3.20. The van der Waals surface area contributed by atoms with Gasteiger partial charge in [0.1, 0.15) is 17.6 Å². The smallest absolute Gasteiger partial charge is 0.342 e. The molecule has 0 atom stereocenters. The molecule has 0 unspecified atom stereocenters. The first kappa shape index (κ1) is 12.3. The molecule has 1 aromatic heterocycles. The Morgan fingerprint density at radius 2 is 2.28 bits per heavy atom. The lowest BCUT2D eigenvalue weighted by molar-refractivity contribution is -0.385. The van der Waals surface area contributed by atoms with Crippen LogP contribution in [-0.2, 0) is 0 Å². The molecule has 18 heavy (non-hydrogen) atoms. The van der Waals surface area contributed by atoms with Crippen molar-refractivity contribution in [3.05, 3.63) is 27.9 Å². The number of rotatable bonds is 4. The molecule has 0 radical (unpaired) electrons. The third-order valence-corrected chi connectivity index (χ3v) is 3.20. The van der Waals surface area contributed by atoms with Crippen LogP contribution < -0.4 is 5.32 Å². The van der Waals surface area contributed by atoms with Crippen molar-refractivity contribution in [3.8, 4) is 0 Å². The fraction of sp³-hybridized carbons (Fsp3) is 0.455. The van der Waals surface area contributed by atoms with E-state index in [0.717, 1.165) is 25.5 Å². The first-order chi connectivity index (χ1) is 8.41. The number of nitro groups is 1.